The van der Waals surface area contributed by atoms with E-state index in [9.17, 15) is 19.5 Å². The maximum atomic E-state index is 12.8. The second-order valence-electron chi connectivity index (χ2n) is 8.39. The van der Waals surface area contributed by atoms with Gasteiger partial charge in [-0.3, -0.25) is 9.59 Å². The SMILES string of the molecule is COc1cc(O)c2c(c1)/C=C/CC(=O)OCCCCCCCCOC(=O)CCC[C@H](C)OC2=O. The molecule has 1 atom stereocenters. The summed E-state index contributed by atoms with van der Waals surface area (Å²) >= 11 is 0. The van der Waals surface area contributed by atoms with Gasteiger partial charge in [0.05, 0.1) is 32.8 Å². The van der Waals surface area contributed by atoms with Gasteiger partial charge in [0.25, 0.3) is 0 Å². The summed E-state index contributed by atoms with van der Waals surface area (Å²) in [5.74, 6) is -1.23. The van der Waals surface area contributed by atoms with Crippen LogP contribution in [0.4, 0.5) is 0 Å². The number of cyclic esters (lactones) is 3. The van der Waals surface area contributed by atoms with Gasteiger partial charge in [0, 0.05) is 12.5 Å². The van der Waals surface area contributed by atoms with Gasteiger partial charge >= 0.3 is 17.9 Å². The number of hydrogen-bond donors (Lipinski definition) is 1. The summed E-state index contributed by atoms with van der Waals surface area (Å²) in [6.45, 7) is 2.50. The lowest BCUT2D eigenvalue weighted by Crippen LogP contribution is -2.17. The Bertz CT molecular complexity index is 845. The second kappa shape index (κ2) is 15.0. The Morgan fingerprint density at radius 2 is 1.56 bits per heavy atom. The number of aromatic hydroxyl groups is 1. The molecule has 0 saturated carbocycles. The Morgan fingerprint density at radius 1 is 0.912 bits per heavy atom. The lowest BCUT2D eigenvalue weighted by Gasteiger charge is -2.16. The van der Waals surface area contributed by atoms with Crippen LogP contribution in [0.3, 0.4) is 0 Å². The molecule has 2 rings (SSSR count). The fourth-order valence-corrected chi connectivity index (χ4v) is 3.62. The highest BCUT2D eigenvalue weighted by atomic mass is 16.5. The maximum Gasteiger partial charge on any atom is 0.342 e. The third kappa shape index (κ3) is 9.85. The van der Waals surface area contributed by atoms with Crippen molar-refractivity contribution in [3.8, 4) is 11.5 Å². The third-order valence-corrected chi connectivity index (χ3v) is 5.51. The molecule has 0 aliphatic carbocycles. The second-order valence-corrected chi connectivity index (χ2v) is 8.39. The van der Waals surface area contributed by atoms with Gasteiger partial charge < -0.3 is 24.1 Å². The van der Waals surface area contributed by atoms with Crippen molar-refractivity contribution in [3.05, 3.63) is 29.3 Å². The first-order valence-electron chi connectivity index (χ1n) is 12.0. The van der Waals surface area contributed by atoms with E-state index < -0.39 is 12.1 Å². The first-order chi connectivity index (χ1) is 16.4. The largest absolute Gasteiger partial charge is 0.507 e. The molecule has 0 fully saturated rings. The molecule has 1 aromatic rings. The van der Waals surface area contributed by atoms with E-state index in [0.717, 1.165) is 38.5 Å². The van der Waals surface area contributed by atoms with Crippen LogP contribution >= 0.6 is 0 Å². The molecule has 34 heavy (non-hydrogen) atoms. The zero-order valence-corrected chi connectivity index (χ0v) is 20.2. The molecule has 0 unspecified atom stereocenters. The number of phenols is 1. The van der Waals surface area contributed by atoms with Crippen molar-refractivity contribution >= 4 is 24.0 Å². The van der Waals surface area contributed by atoms with Crippen molar-refractivity contribution in [3.63, 3.8) is 0 Å². The Kier molecular flexibility index (Phi) is 12.0. The number of ether oxygens (including phenoxy) is 4. The Morgan fingerprint density at radius 3 is 2.24 bits per heavy atom. The van der Waals surface area contributed by atoms with Gasteiger partial charge in [0.15, 0.2) is 0 Å². The van der Waals surface area contributed by atoms with Crippen LogP contribution in [0.2, 0.25) is 0 Å². The average Bonchev–Trinajstić information content (AvgIpc) is 2.79. The molecule has 1 aliphatic heterocycles. The molecule has 8 nitrogen and oxygen atoms in total. The summed E-state index contributed by atoms with van der Waals surface area (Å²) in [6, 6.07) is 2.91. The van der Waals surface area contributed by atoms with Crippen LogP contribution in [-0.2, 0) is 23.8 Å². The summed E-state index contributed by atoms with van der Waals surface area (Å²) in [5, 5.41) is 10.4. The van der Waals surface area contributed by atoms with Gasteiger partial charge in [-0.05, 0) is 44.2 Å². The van der Waals surface area contributed by atoms with E-state index in [-0.39, 0.29) is 36.1 Å². The molecule has 8 heteroatoms. The minimum Gasteiger partial charge on any atom is -0.507 e. The van der Waals surface area contributed by atoms with Crippen LogP contribution in [0.25, 0.3) is 6.08 Å². The van der Waals surface area contributed by atoms with Crippen LogP contribution in [0.1, 0.15) is 87.1 Å². The number of methoxy groups -OCH3 is 1. The third-order valence-electron chi connectivity index (χ3n) is 5.51. The summed E-state index contributed by atoms with van der Waals surface area (Å²) in [5.41, 5.74) is 0.346. The summed E-state index contributed by atoms with van der Waals surface area (Å²) in [6.07, 6.45) is 9.66. The molecule has 1 N–H and O–H groups in total. The number of phenolic OH excluding ortho intramolecular Hbond substituents is 1. The fraction of sp³-hybridized carbons (Fsp3) is 0.577. The zero-order valence-electron chi connectivity index (χ0n) is 20.2. The smallest absolute Gasteiger partial charge is 0.342 e. The van der Waals surface area contributed by atoms with Crippen LogP contribution < -0.4 is 4.74 Å². The predicted molar refractivity (Wildman–Crippen MR) is 127 cm³/mol. The first kappa shape index (κ1) is 27.2. The highest BCUT2D eigenvalue weighted by molar-refractivity contribution is 5.97. The van der Waals surface area contributed by atoms with Gasteiger partial charge in [-0.1, -0.05) is 37.8 Å². The van der Waals surface area contributed by atoms with Crippen LogP contribution in [0.5, 0.6) is 11.5 Å². The number of rotatable bonds is 1. The normalized spacial score (nSPS) is 21.4. The van der Waals surface area contributed by atoms with Gasteiger partial charge in [-0.15, -0.1) is 0 Å². The van der Waals surface area contributed by atoms with Crippen molar-refractivity contribution < 1.29 is 38.4 Å². The summed E-state index contributed by atoms with van der Waals surface area (Å²) < 4.78 is 21.2. The molecule has 0 saturated heterocycles. The molecule has 1 heterocycles. The van der Waals surface area contributed by atoms with E-state index in [4.69, 9.17) is 18.9 Å². The van der Waals surface area contributed by atoms with Crippen LogP contribution in [-0.4, -0.2) is 49.4 Å². The maximum absolute atomic E-state index is 12.8. The molecule has 0 amide bonds. The van der Waals surface area contributed by atoms with Gasteiger partial charge in [0.2, 0.25) is 0 Å². The molecule has 0 bridgehead atoms. The summed E-state index contributed by atoms with van der Waals surface area (Å²) in [4.78, 5) is 36.7. The van der Waals surface area contributed by atoms with Gasteiger partial charge in [0.1, 0.15) is 17.1 Å². The molecular formula is C26H36O8. The quantitative estimate of drug-likeness (QED) is 0.447. The average molecular weight is 477 g/mol. The highest BCUT2D eigenvalue weighted by Gasteiger charge is 2.21. The topological polar surface area (TPSA) is 108 Å². The van der Waals surface area contributed by atoms with E-state index in [1.807, 2.05) is 0 Å². The van der Waals surface area contributed by atoms with Crippen molar-refractivity contribution in [1.29, 1.82) is 0 Å². The van der Waals surface area contributed by atoms with Crippen molar-refractivity contribution in [2.24, 2.45) is 0 Å². The minimum atomic E-state index is -0.698. The number of carbonyl (C=O) groups is 3. The molecule has 0 radical (unpaired) electrons. The molecule has 0 spiro atoms. The number of fused-ring (bicyclic) bond motifs is 1. The monoisotopic (exact) mass is 476 g/mol. The van der Waals surface area contributed by atoms with Crippen molar-refractivity contribution in [2.45, 2.75) is 77.2 Å². The zero-order chi connectivity index (χ0) is 24.8. The molecule has 0 aromatic heterocycles. The Labute approximate surface area is 201 Å². The van der Waals surface area contributed by atoms with Crippen molar-refractivity contribution in [1.82, 2.24) is 0 Å². The number of esters is 3. The standard InChI is InChI=1S/C26H36O8/c1-19-11-9-13-23(28)32-15-7-5-3-4-6-8-16-33-24(29)14-10-12-20-17-21(31-2)18-22(27)25(20)26(30)34-19/h10,12,17-19,27H,3-9,11,13-16H2,1-2H3/b12-10+/t19-/m0/s1. The fourth-order valence-electron chi connectivity index (χ4n) is 3.62. The minimum absolute atomic E-state index is 0.0185. The lowest BCUT2D eigenvalue weighted by molar-refractivity contribution is -0.144. The van der Waals surface area contributed by atoms with Gasteiger partial charge in [-0.2, -0.15) is 0 Å². The van der Waals surface area contributed by atoms with E-state index in [0.29, 0.717) is 37.4 Å². The van der Waals surface area contributed by atoms with Crippen molar-refractivity contribution in [2.75, 3.05) is 20.3 Å². The van der Waals surface area contributed by atoms with Gasteiger partial charge in [-0.25, -0.2) is 4.79 Å². The van der Waals surface area contributed by atoms with E-state index in [1.54, 1.807) is 25.1 Å². The van der Waals surface area contributed by atoms with Crippen LogP contribution in [0, 0.1) is 0 Å². The Balaban J connectivity index is 2.12. The van der Waals surface area contributed by atoms with E-state index in [1.165, 1.54) is 13.2 Å². The Hall–Kier alpha value is -3.03. The van der Waals surface area contributed by atoms with Crippen LogP contribution in [0.15, 0.2) is 18.2 Å². The predicted octanol–water partition coefficient (Wildman–Crippen LogP) is 4.96. The summed E-state index contributed by atoms with van der Waals surface area (Å²) in [7, 11) is 1.45. The highest BCUT2D eigenvalue weighted by Crippen LogP contribution is 2.30. The molecule has 1 aromatic carbocycles. The molecular weight excluding hydrogens is 440 g/mol. The number of carbonyl (C=O) groups excluding carboxylic acids is 3. The molecule has 1 aliphatic rings. The lowest BCUT2D eigenvalue weighted by atomic mass is 10.0. The number of benzene rings is 1. The molecule has 188 valence electrons. The van der Waals surface area contributed by atoms with E-state index in [2.05, 4.69) is 0 Å². The van der Waals surface area contributed by atoms with E-state index >= 15 is 0 Å². The number of hydrogen-bond acceptors (Lipinski definition) is 8. The first-order valence-corrected chi connectivity index (χ1v) is 12.0.